The Balaban J connectivity index is 1.47. The zero-order chi connectivity index (χ0) is 29.7. The van der Waals surface area contributed by atoms with Gasteiger partial charge < -0.3 is 19.7 Å². The molecule has 1 aromatic heterocycles. The number of nitrogens with zero attached hydrogens (tertiary/aromatic N) is 3. The molecule has 0 atom stereocenters. The number of carbonyl (C=O) groups is 3. The summed E-state index contributed by atoms with van der Waals surface area (Å²) >= 11 is 0. The van der Waals surface area contributed by atoms with Crippen LogP contribution >= 0.6 is 0 Å². The van der Waals surface area contributed by atoms with Crippen LogP contribution in [0.25, 0.3) is 11.3 Å². The van der Waals surface area contributed by atoms with Gasteiger partial charge in [-0.2, -0.15) is 13.2 Å². The van der Waals surface area contributed by atoms with Gasteiger partial charge in [-0.15, -0.1) is 0 Å². The van der Waals surface area contributed by atoms with Gasteiger partial charge in [0.1, 0.15) is 0 Å². The number of benzene rings is 2. The molecule has 41 heavy (non-hydrogen) atoms. The predicted molar refractivity (Wildman–Crippen MR) is 151 cm³/mol. The fraction of sp³-hybridized carbons (Fsp3) is 0.387. The predicted octanol–water partition coefficient (Wildman–Crippen LogP) is 5.84. The van der Waals surface area contributed by atoms with Crippen molar-refractivity contribution in [3.05, 3.63) is 77.5 Å². The van der Waals surface area contributed by atoms with Crippen LogP contribution in [0.3, 0.4) is 0 Å². The average Bonchev–Trinajstić information content (AvgIpc) is 3.28. The number of amides is 3. The van der Waals surface area contributed by atoms with Gasteiger partial charge in [-0.1, -0.05) is 36.4 Å². The highest BCUT2D eigenvalue weighted by molar-refractivity contribution is 6.06. The van der Waals surface area contributed by atoms with Gasteiger partial charge in [0.15, 0.2) is 0 Å². The molecule has 1 fully saturated rings. The molecular weight excluding hydrogens is 533 g/mol. The molecule has 2 aromatic carbocycles. The SMILES string of the molecule is CC(=O)N1CCC(C(=O)N(C)CCCn2c(-c3ccccc3)cc(C(=O)Nc3cccc(C(F)(F)F)c3)c2C)CC1. The second-order valence-corrected chi connectivity index (χ2v) is 10.5. The fourth-order valence-electron chi connectivity index (χ4n) is 5.31. The first-order valence-electron chi connectivity index (χ1n) is 13.7. The molecule has 1 aliphatic heterocycles. The minimum absolute atomic E-state index is 0.0310. The zero-order valence-corrected chi connectivity index (χ0v) is 23.5. The van der Waals surface area contributed by atoms with Crippen LogP contribution in [0.4, 0.5) is 18.9 Å². The third-order valence-electron chi connectivity index (χ3n) is 7.67. The third kappa shape index (κ3) is 7.17. The van der Waals surface area contributed by atoms with Gasteiger partial charge in [0.2, 0.25) is 11.8 Å². The van der Waals surface area contributed by atoms with Crippen LogP contribution in [0.1, 0.15) is 47.8 Å². The summed E-state index contributed by atoms with van der Waals surface area (Å²) in [6.45, 7) is 5.59. The molecule has 0 bridgehead atoms. The van der Waals surface area contributed by atoms with Crippen LogP contribution in [0, 0.1) is 12.8 Å². The van der Waals surface area contributed by atoms with Gasteiger partial charge in [0.25, 0.3) is 5.91 Å². The molecule has 3 amide bonds. The summed E-state index contributed by atoms with van der Waals surface area (Å²) in [5.74, 6) is -0.498. The molecule has 4 rings (SSSR count). The number of aromatic nitrogens is 1. The largest absolute Gasteiger partial charge is 0.416 e. The van der Waals surface area contributed by atoms with E-state index in [1.165, 1.54) is 12.1 Å². The van der Waals surface area contributed by atoms with E-state index in [2.05, 4.69) is 5.32 Å². The summed E-state index contributed by atoms with van der Waals surface area (Å²) in [5.41, 5.74) is 1.98. The quantitative estimate of drug-likeness (QED) is 0.371. The van der Waals surface area contributed by atoms with Crippen molar-refractivity contribution in [3.63, 3.8) is 0 Å². The highest BCUT2D eigenvalue weighted by Gasteiger charge is 2.31. The molecule has 1 saturated heterocycles. The smallest absolute Gasteiger partial charge is 0.345 e. The molecule has 0 saturated carbocycles. The van der Waals surface area contributed by atoms with E-state index in [9.17, 15) is 27.6 Å². The van der Waals surface area contributed by atoms with Crippen LogP contribution in [-0.2, 0) is 22.3 Å². The lowest BCUT2D eigenvalue weighted by atomic mass is 9.95. The lowest BCUT2D eigenvalue weighted by Gasteiger charge is -2.32. The second-order valence-electron chi connectivity index (χ2n) is 10.5. The van der Waals surface area contributed by atoms with E-state index >= 15 is 0 Å². The van der Waals surface area contributed by atoms with E-state index in [1.807, 2.05) is 41.8 Å². The van der Waals surface area contributed by atoms with Crippen molar-refractivity contribution in [1.82, 2.24) is 14.4 Å². The fourth-order valence-corrected chi connectivity index (χ4v) is 5.31. The number of hydrogen-bond acceptors (Lipinski definition) is 3. The molecule has 0 spiro atoms. The minimum atomic E-state index is -4.51. The Bertz CT molecular complexity index is 1390. The number of piperidine rings is 1. The number of carbonyl (C=O) groups excluding carboxylic acids is 3. The maximum Gasteiger partial charge on any atom is 0.416 e. The van der Waals surface area contributed by atoms with Gasteiger partial charge in [-0.25, -0.2) is 0 Å². The maximum atomic E-state index is 13.2. The number of likely N-dealkylation sites (tertiary alicyclic amines) is 1. The van der Waals surface area contributed by atoms with Crippen LogP contribution in [0.15, 0.2) is 60.7 Å². The van der Waals surface area contributed by atoms with Crippen molar-refractivity contribution < 1.29 is 27.6 Å². The number of hydrogen-bond donors (Lipinski definition) is 1. The summed E-state index contributed by atoms with van der Waals surface area (Å²) in [6, 6.07) is 15.9. The summed E-state index contributed by atoms with van der Waals surface area (Å²) in [5, 5.41) is 2.61. The second kappa shape index (κ2) is 12.6. The van der Waals surface area contributed by atoms with Crippen LogP contribution in [0.2, 0.25) is 0 Å². The van der Waals surface area contributed by atoms with Gasteiger partial charge in [0.05, 0.1) is 11.1 Å². The molecule has 2 heterocycles. The zero-order valence-electron chi connectivity index (χ0n) is 23.5. The molecule has 0 unspecified atom stereocenters. The molecular formula is C31H35F3N4O3. The monoisotopic (exact) mass is 568 g/mol. The minimum Gasteiger partial charge on any atom is -0.345 e. The van der Waals surface area contributed by atoms with Crippen molar-refractivity contribution in [2.45, 2.75) is 45.8 Å². The molecule has 7 nitrogen and oxygen atoms in total. The standard InChI is InChI=1S/C31H35F3N4O3/c1-21-27(29(40)35-26-12-7-11-25(19-26)31(32,33)34)20-28(23-9-5-4-6-10-23)38(21)16-8-15-36(3)30(41)24-13-17-37(18-14-24)22(2)39/h4-7,9-12,19-20,24H,8,13-18H2,1-3H3,(H,35,40). The Morgan fingerprint density at radius 2 is 1.68 bits per heavy atom. The third-order valence-corrected chi connectivity index (χ3v) is 7.67. The van der Waals surface area contributed by atoms with E-state index in [1.54, 1.807) is 29.8 Å². The van der Waals surface area contributed by atoms with E-state index in [0.29, 0.717) is 56.7 Å². The first kappa shape index (κ1) is 29.9. The Hall–Kier alpha value is -4.08. The Morgan fingerprint density at radius 3 is 2.32 bits per heavy atom. The van der Waals surface area contributed by atoms with E-state index in [4.69, 9.17) is 0 Å². The Kier molecular flexibility index (Phi) is 9.20. The van der Waals surface area contributed by atoms with E-state index < -0.39 is 17.6 Å². The van der Waals surface area contributed by atoms with E-state index in [-0.39, 0.29) is 23.4 Å². The van der Waals surface area contributed by atoms with Gasteiger partial charge in [-0.05, 0) is 56.0 Å². The van der Waals surface area contributed by atoms with Crippen molar-refractivity contribution >= 4 is 23.4 Å². The average molecular weight is 569 g/mol. The van der Waals surface area contributed by atoms with Crippen LogP contribution in [0.5, 0.6) is 0 Å². The van der Waals surface area contributed by atoms with Gasteiger partial charge >= 0.3 is 6.18 Å². The summed E-state index contributed by atoms with van der Waals surface area (Å²) in [7, 11) is 1.79. The van der Waals surface area contributed by atoms with Gasteiger partial charge in [-0.3, -0.25) is 14.4 Å². The van der Waals surface area contributed by atoms with Crippen molar-refractivity contribution in [1.29, 1.82) is 0 Å². The number of halogens is 3. The molecule has 218 valence electrons. The van der Waals surface area contributed by atoms with Crippen molar-refractivity contribution in [2.75, 3.05) is 32.0 Å². The maximum absolute atomic E-state index is 13.2. The van der Waals surface area contributed by atoms with Crippen LogP contribution < -0.4 is 5.32 Å². The number of alkyl halides is 3. The highest BCUT2D eigenvalue weighted by Crippen LogP contribution is 2.31. The normalized spacial score (nSPS) is 14.1. The topological polar surface area (TPSA) is 74.7 Å². The molecule has 1 aliphatic rings. The number of rotatable bonds is 8. The molecule has 0 radical (unpaired) electrons. The first-order chi connectivity index (χ1) is 19.5. The summed E-state index contributed by atoms with van der Waals surface area (Å²) < 4.78 is 41.5. The van der Waals surface area contributed by atoms with Crippen molar-refractivity contribution in [2.24, 2.45) is 5.92 Å². The van der Waals surface area contributed by atoms with Crippen molar-refractivity contribution in [3.8, 4) is 11.3 Å². The van der Waals surface area contributed by atoms with E-state index in [0.717, 1.165) is 23.4 Å². The van der Waals surface area contributed by atoms with Gasteiger partial charge in [0, 0.05) is 63.1 Å². The molecule has 10 heteroatoms. The molecule has 3 aromatic rings. The van der Waals surface area contributed by atoms with Crippen LogP contribution in [-0.4, -0.2) is 58.8 Å². The first-order valence-corrected chi connectivity index (χ1v) is 13.7. The Morgan fingerprint density at radius 1 is 1.00 bits per heavy atom. The lowest BCUT2D eigenvalue weighted by Crippen LogP contribution is -2.43. The molecule has 1 N–H and O–H groups in total. The Labute approximate surface area is 237 Å². The summed E-state index contributed by atoms with van der Waals surface area (Å²) in [6.07, 6.45) is -2.57. The summed E-state index contributed by atoms with van der Waals surface area (Å²) in [4.78, 5) is 41.3. The highest BCUT2D eigenvalue weighted by atomic mass is 19.4. The number of nitrogens with one attached hydrogen (secondary N) is 1. The lowest BCUT2D eigenvalue weighted by molar-refractivity contribution is -0.139. The molecule has 0 aliphatic carbocycles. The number of anilines is 1.